The Balaban J connectivity index is 2.13. The van der Waals surface area contributed by atoms with Crippen molar-refractivity contribution in [1.82, 2.24) is 0 Å². The van der Waals surface area contributed by atoms with Crippen LogP contribution in [0.25, 0.3) is 0 Å². The van der Waals surface area contributed by atoms with Crippen molar-refractivity contribution < 1.29 is 9.53 Å². The molecule has 0 bridgehead atoms. The average Bonchev–Trinajstić information content (AvgIpc) is 2.55. The van der Waals surface area contributed by atoms with Crippen molar-refractivity contribution in [1.29, 1.82) is 0 Å². The summed E-state index contributed by atoms with van der Waals surface area (Å²) in [6.45, 7) is 2.17. The number of carbonyl (C=O) groups excluding carboxylic acids is 1. The van der Waals surface area contributed by atoms with Gasteiger partial charge in [0.1, 0.15) is 6.04 Å². The highest BCUT2D eigenvalue weighted by Crippen LogP contribution is 2.42. The van der Waals surface area contributed by atoms with Gasteiger partial charge in [0.25, 0.3) is 0 Å². The van der Waals surface area contributed by atoms with Gasteiger partial charge in [-0.15, -0.1) is 0 Å². The maximum Gasteiger partial charge on any atom is 0.329 e. The first kappa shape index (κ1) is 17.6. The Morgan fingerprint density at radius 3 is 2.67 bits per heavy atom. The zero-order valence-electron chi connectivity index (χ0n) is 13.1. The van der Waals surface area contributed by atoms with Crippen molar-refractivity contribution in [2.24, 2.45) is 0 Å². The van der Waals surface area contributed by atoms with Crippen molar-refractivity contribution >= 4 is 56.5 Å². The molecule has 3 rings (SSSR count). The van der Waals surface area contributed by atoms with Crippen LogP contribution in [0.5, 0.6) is 0 Å². The Morgan fingerprint density at radius 1 is 1.29 bits per heavy atom. The van der Waals surface area contributed by atoms with Crippen LogP contribution in [0.4, 0.5) is 11.4 Å². The second-order valence-corrected chi connectivity index (χ2v) is 7.30. The Hall–Kier alpha value is -1.23. The molecule has 0 aromatic heterocycles. The molecule has 6 heteroatoms. The minimum Gasteiger partial charge on any atom is -0.464 e. The molecule has 0 N–H and O–H groups in total. The number of nitrogens with zero attached hydrogens (tertiary/aromatic N) is 1. The molecule has 24 heavy (non-hydrogen) atoms. The third kappa shape index (κ3) is 3.41. The molecular formula is C18H16BrCl2NO2. The summed E-state index contributed by atoms with van der Waals surface area (Å²) >= 11 is 16.0. The molecule has 3 nitrogen and oxygen atoms in total. The lowest BCUT2D eigenvalue weighted by atomic mass is 9.94. The van der Waals surface area contributed by atoms with E-state index in [0.717, 1.165) is 21.4 Å². The van der Waals surface area contributed by atoms with Crippen LogP contribution in [0.1, 0.15) is 18.9 Å². The molecule has 0 fully saturated rings. The SMILES string of the molecule is CCOC(=O)C1CCc2c(Cl)cc(Cl)cc2N1c1ccc(Br)cc1. The van der Waals surface area contributed by atoms with Gasteiger partial charge in [0.05, 0.1) is 6.61 Å². The third-order valence-corrected chi connectivity index (χ3v) is 5.12. The largest absolute Gasteiger partial charge is 0.464 e. The lowest BCUT2D eigenvalue weighted by molar-refractivity contribution is -0.144. The van der Waals surface area contributed by atoms with Crippen LogP contribution in [0.3, 0.4) is 0 Å². The maximum absolute atomic E-state index is 12.5. The normalized spacial score (nSPS) is 16.7. The van der Waals surface area contributed by atoms with Crippen molar-refractivity contribution in [3.8, 4) is 0 Å². The summed E-state index contributed by atoms with van der Waals surface area (Å²) in [5.74, 6) is -0.234. The van der Waals surface area contributed by atoms with Crippen LogP contribution in [-0.4, -0.2) is 18.6 Å². The lowest BCUT2D eigenvalue weighted by Gasteiger charge is -2.38. The van der Waals surface area contributed by atoms with Crippen molar-refractivity contribution in [2.45, 2.75) is 25.8 Å². The zero-order valence-corrected chi connectivity index (χ0v) is 16.2. The highest BCUT2D eigenvalue weighted by Gasteiger charge is 2.34. The molecule has 0 aliphatic carbocycles. The molecule has 2 aromatic carbocycles. The van der Waals surface area contributed by atoms with E-state index >= 15 is 0 Å². The first-order chi connectivity index (χ1) is 11.5. The number of benzene rings is 2. The van der Waals surface area contributed by atoms with Gasteiger partial charge >= 0.3 is 5.97 Å². The van der Waals surface area contributed by atoms with Gasteiger partial charge in [-0.3, -0.25) is 0 Å². The van der Waals surface area contributed by atoms with Crippen LogP contribution in [-0.2, 0) is 16.0 Å². The summed E-state index contributed by atoms with van der Waals surface area (Å²) in [7, 11) is 0. The average molecular weight is 429 g/mol. The molecule has 1 heterocycles. The van der Waals surface area contributed by atoms with Gasteiger partial charge < -0.3 is 9.64 Å². The standard InChI is InChI=1S/C18H16BrCl2NO2/c1-2-24-18(23)16-8-7-14-15(21)9-12(20)10-17(14)22(16)13-5-3-11(19)4-6-13/h3-6,9-10,16H,2,7-8H2,1H3. The van der Waals surface area contributed by atoms with E-state index in [1.54, 1.807) is 6.07 Å². The molecule has 1 aliphatic heterocycles. The number of hydrogen-bond acceptors (Lipinski definition) is 3. The quantitative estimate of drug-likeness (QED) is 0.581. The minimum absolute atomic E-state index is 0.234. The Morgan fingerprint density at radius 2 is 2.00 bits per heavy atom. The maximum atomic E-state index is 12.5. The van der Waals surface area contributed by atoms with E-state index < -0.39 is 6.04 Å². The number of anilines is 2. The van der Waals surface area contributed by atoms with Gasteiger partial charge in [0, 0.05) is 25.9 Å². The van der Waals surface area contributed by atoms with Crippen LogP contribution in [0.15, 0.2) is 40.9 Å². The van der Waals surface area contributed by atoms with Gasteiger partial charge in [-0.1, -0.05) is 39.1 Å². The summed E-state index contributed by atoms with van der Waals surface area (Å²) in [5, 5.41) is 1.17. The summed E-state index contributed by atoms with van der Waals surface area (Å²) in [6.07, 6.45) is 1.35. The van der Waals surface area contributed by atoms with E-state index in [0.29, 0.717) is 29.5 Å². The fourth-order valence-corrected chi connectivity index (χ4v) is 3.85. The van der Waals surface area contributed by atoms with Crippen LogP contribution in [0.2, 0.25) is 10.0 Å². The van der Waals surface area contributed by atoms with Gasteiger partial charge in [0.2, 0.25) is 0 Å². The number of halogens is 3. The number of ether oxygens (including phenoxy) is 1. The summed E-state index contributed by atoms with van der Waals surface area (Å²) in [4.78, 5) is 14.5. The fourth-order valence-electron chi connectivity index (χ4n) is 3.01. The Kier molecular flexibility index (Phi) is 5.38. The summed E-state index contributed by atoms with van der Waals surface area (Å²) in [6, 6.07) is 11.0. The van der Waals surface area contributed by atoms with Gasteiger partial charge in [-0.05, 0) is 61.7 Å². The van der Waals surface area contributed by atoms with Crippen LogP contribution >= 0.6 is 39.1 Å². The topological polar surface area (TPSA) is 29.5 Å². The van der Waals surface area contributed by atoms with Crippen molar-refractivity contribution in [3.63, 3.8) is 0 Å². The minimum atomic E-state index is -0.395. The third-order valence-electron chi connectivity index (χ3n) is 4.04. The highest BCUT2D eigenvalue weighted by molar-refractivity contribution is 9.10. The van der Waals surface area contributed by atoms with Crippen molar-refractivity contribution in [3.05, 3.63) is 56.5 Å². The van der Waals surface area contributed by atoms with Gasteiger partial charge in [-0.2, -0.15) is 0 Å². The summed E-state index contributed by atoms with van der Waals surface area (Å²) in [5.41, 5.74) is 2.76. The smallest absolute Gasteiger partial charge is 0.329 e. The number of esters is 1. The predicted molar refractivity (Wildman–Crippen MR) is 101 cm³/mol. The number of rotatable bonds is 3. The van der Waals surface area contributed by atoms with E-state index in [9.17, 15) is 4.79 Å². The van der Waals surface area contributed by atoms with E-state index in [1.807, 2.05) is 42.2 Å². The molecule has 0 spiro atoms. The van der Waals surface area contributed by atoms with E-state index in [-0.39, 0.29) is 5.97 Å². The van der Waals surface area contributed by atoms with Crippen LogP contribution in [0, 0.1) is 0 Å². The lowest BCUT2D eigenvalue weighted by Crippen LogP contribution is -2.42. The highest BCUT2D eigenvalue weighted by atomic mass is 79.9. The van der Waals surface area contributed by atoms with E-state index in [1.165, 1.54) is 0 Å². The number of carbonyl (C=O) groups is 1. The molecule has 0 radical (unpaired) electrons. The number of hydrogen-bond donors (Lipinski definition) is 0. The first-order valence-electron chi connectivity index (χ1n) is 7.70. The number of fused-ring (bicyclic) bond motifs is 1. The molecule has 0 saturated carbocycles. The Labute approximate surface area is 159 Å². The molecule has 0 amide bonds. The first-order valence-corrected chi connectivity index (χ1v) is 9.25. The van der Waals surface area contributed by atoms with Crippen molar-refractivity contribution in [2.75, 3.05) is 11.5 Å². The van der Waals surface area contributed by atoms with Gasteiger partial charge in [-0.25, -0.2) is 4.79 Å². The molecule has 0 saturated heterocycles. The molecular weight excluding hydrogens is 413 g/mol. The molecule has 1 unspecified atom stereocenters. The fraction of sp³-hybridized carbons (Fsp3) is 0.278. The Bertz CT molecular complexity index is 764. The monoisotopic (exact) mass is 427 g/mol. The zero-order chi connectivity index (χ0) is 17.3. The second kappa shape index (κ2) is 7.34. The van der Waals surface area contributed by atoms with E-state index in [2.05, 4.69) is 15.9 Å². The molecule has 1 atom stereocenters. The predicted octanol–water partition coefficient (Wildman–Crippen LogP) is 5.77. The van der Waals surface area contributed by atoms with Crippen LogP contribution < -0.4 is 4.90 Å². The summed E-state index contributed by atoms with van der Waals surface area (Å²) < 4.78 is 6.25. The second-order valence-electron chi connectivity index (χ2n) is 5.54. The molecule has 1 aliphatic rings. The van der Waals surface area contributed by atoms with E-state index in [4.69, 9.17) is 27.9 Å². The van der Waals surface area contributed by atoms with Gasteiger partial charge in [0.15, 0.2) is 0 Å². The molecule has 126 valence electrons. The molecule has 2 aromatic rings.